The number of carbonyl (C=O) groups excluding carboxylic acids is 3. The fraction of sp³-hybridized carbons (Fsp3) is 0.115. The molecule has 0 unspecified atom stereocenters. The van der Waals surface area contributed by atoms with E-state index in [4.69, 9.17) is 39.5 Å². The van der Waals surface area contributed by atoms with Crippen LogP contribution < -0.4 is 15.0 Å². The number of halogens is 3. The lowest BCUT2D eigenvalue weighted by atomic mass is 10.0. The Morgan fingerprint density at radius 1 is 0.886 bits per heavy atom. The summed E-state index contributed by atoms with van der Waals surface area (Å²) in [6.07, 6.45) is 0. The molecule has 0 spiro atoms. The first-order chi connectivity index (χ1) is 16.7. The maximum Gasteiger partial charge on any atom is 0.343 e. The summed E-state index contributed by atoms with van der Waals surface area (Å²) in [5.74, 6) is -1.13. The summed E-state index contributed by atoms with van der Waals surface area (Å²) in [5, 5.41) is 3.03. The van der Waals surface area contributed by atoms with Crippen molar-refractivity contribution in [2.75, 3.05) is 10.2 Å². The summed E-state index contributed by atoms with van der Waals surface area (Å²) in [5.41, 5.74) is 1.90. The number of hydrogen-bond acceptors (Lipinski definition) is 5. The van der Waals surface area contributed by atoms with E-state index < -0.39 is 17.8 Å². The van der Waals surface area contributed by atoms with Gasteiger partial charge in [0.25, 0.3) is 11.8 Å². The van der Waals surface area contributed by atoms with Gasteiger partial charge < -0.3 is 10.1 Å². The van der Waals surface area contributed by atoms with Gasteiger partial charge in [-0.15, -0.1) is 0 Å². The first kappa shape index (κ1) is 24.8. The molecule has 1 aliphatic heterocycles. The van der Waals surface area contributed by atoms with Crippen molar-refractivity contribution in [2.24, 2.45) is 0 Å². The average Bonchev–Trinajstić information content (AvgIpc) is 3.04. The molecular weight excluding hydrogens is 511 g/mol. The molecule has 0 saturated heterocycles. The normalized spacial score (nSPS) is 13.6. The largest absolute Gasteiger partial charge is 0.423 e. The Balaban J connectivity index is 1.47. The van der Waals surface area contributed by atoms with Gasteiger partial charge in [0.05, 0.1) is 16.3 Å². The van der Waals surface area contributed by atoms with Crippen molar-refractivity contribution in [1.82, 2.24) is 0 Å². The van der Waals surface area contributed by atoms with E-state index in [9.17, 15) is 14.4 Å². The molecule has 2 amide bonds. The van der Waals surface area contributed by atoms with Crippen molar-refractivity contribution in [2.45, 2.75) is 19.8 Å². The van der Waals surface area contributed by atoms with Gasteiger partial charge in [-0.2, -0.15) is 0 Å². The van der Waals surface area contributed by atoms with Gasteiger partial charge in [-0.25, -0.2) is 9.69 Å². The molecule has 0 bridgehead atoms. The van der Waals surface area contributed by atoms with Crippen molar-refractivity contribution >= 4 is 64.0 Å². The van der Waals surface area contributed by atoms with E-state index in [1.54, 1.807) is 30.3 Å². The van der Waals surface area contributed by atoms with Crippen LogP contribution in [0.5, 0.6) is 5.75 Å². The molecule has 0 atom stereocenters. The van der Waals surface area contributed by atoms with E-state index >= 15 is 0 Å². The highest BCUT2D eigenvalue weighted by molar-refractivity contribution is 6.54. The van der Waals surface area contributed by atoms with Crippen LogP contribution in [0.15, 0.2) is 77.5 Å². The minimum absolute atomic E-state index is 0.117. The van der Waals surface area contributed by atoms with Crippen LogP contribution in [0, 0.1) is 0 Å². The number of ether oxygens (including phenoxy) is 1. The Bertz CT molecular complexity index is 1350. The standard InChI is InChI=1S/C26H19Cl3N2O4/c1-14(2)15-5-10-19(11-6-15)35-26(34)16-3-8-18(9-4-16)30-23-22(29)24(32)31(25(23)33)21-13-17(27)7-12-20(21)28/h3-14,30H,1-2H3. The third-order valence-corrected chi connectivity index (χ3v) is 6.23. The molecule has 3 aromatic carbocycles. The summed E-state index contributed by atoms with van der Waals surface area (Å²) in [4.78, 5) is 39.0. The third kappa shape index (κ3) is 5.20. The third-order valence-electron chi connectivity index (χ3n) is 5.32. The minimum Gasteiger partial charge on any atom is -0.423 e. The molecule has 178 valence electrons. The Labute approximate surface area is 217 Å². The molecule has 9 heteroatoms. The van der Waals surface area contributed by atoms with Crippen LogP contribution in [0.1, 0.15) is 35.7 Å². The highest BCUT2D eigenvalue weighted by atomic mass is 35.5. The minimum atomic E-state index is -0.730. The van der Waals surface area contributed by atoms with E-state index in [-0.39, 0.29) is 21.4 Å². The molecule has 6 nitrogen and oxygen atoms in total. The molecule has 0 fully saturated rings. The van der Waals surface area contributed by atoms with Crippen molar-refractivity contribution in [3.63, 3.8) is 0 Å². The number of esters is 1. The van der Waals surface area contributed by atoms with E-state index in [0.717, 1.165) is 10.5 Å². The van der Waals surface area contributed by atoms with Crippen LogP contribution >= 0.6 is 34.8 Å². The molecule has 0 saturated carbocycles. The first-order valence-electron chi connectivity index (χ1n) is 10.6. The van der Waals surface area contributed by atoms with Crippen molar-refractivity contribution < 1.29 is 19.1 Å². The molecule has 0 aromatic heterocycles. The molecule has 0 aliphatic carbocycles. The topological polar surface area (TPSA) is 75.7 Å². The van der Waals surface area contributed by atoms with Gasteiger partial charge in [-0.3, -0.25) is 9.59 Å². The number of benzene rings is 3. The Morgan fingerprint density at radius 3 is 2.17 bits per heavy atom. The predicted molar refractivity (Wildman–Crippen MR) is 137 cm³/mol. The fourth-order valence-electron chi connectivity index (χ4n) is 3.41. The molecule has 1 heterocycles. The highest BCUT2D eigenvalue weighted by Gasteiger charge is 2.40. The van der Waals surface area contributed by atoms with Gasteiger partial charge in [0.2, 0.25) is 0 Å². The summed E-state index contributed by atoms with van der Waals surface area (Å²) in [6.45, 7) is 4.16. The number of carbonyl (C=O) groups is 3. The number of amides is 2. The fourth-order valence-corrected chi connectivity index (χ4v) is 3.99. The quantitative estimate of drug-likeness (QED) is 0.217. The lowest BCUT2D eigenvalue weighted by molar-refractivity contribution is -0.120. The van der Waals surface area contributed by atoms with Gasteiger partial charge in [0, 0.05) is 10.7 Å². The zero-order valence-corrected chi connectivity index (χ0v) is 20.9. The lowest BCUT2D eigenvalue weighted by Crippen LogP contribution is -2.32. The molecule has 1 N–H and O–H groups in total. The van der Waals surface area contributed by atoms with Crippen LogP contribution in [0.4, 0.5) is 11.4 Å². The number of anilines is 2. The lowest BCUT2D eigenvalue weighted by Gasteiger charge is -2.17. The Hall–Kier alpha value is -3.32. The Kier molecular flexibility index (Phi) is 7.17. The molecule has 4 rings (SSSR count). The van der Waals surface area contributed by atoms with Crippen molar-refractivity contribution in [1.29, 1.82) is 0 Å². The summed E-state index contributed by atoms with van der Waals surface area (Å²) in [7, 11) is 0. The maximum atomic E-state index is 13.0. The number of imide groups is 1. The zero-order chi connectivity index (χ0) is 25.3. The van der Waals surface area contributed by atoms with Gasteiger partial charge in [0.1, 0.15) is 16.5 Å². The molecule has 3 aromatic rings. The Morgan fingerprint density at radius 2 is 1.54 bits per heavy atom. The number of rotatable bonds is 6. The average molecular weight is 530 g/mol. The second-order valence-electron chi connectivity index (χ2n) is 8.05. The van der Waals surface area contributed by atoms with Gasteiger partial charge >= 0.3 is 5.97 Å². The number of nitrogens with zero attached hydrogens (tertiary/aromatic N) is 1. The molecular formula is C26H19Cl3N2O4. The van der Waals surface area contributed by atoms with Crippen molar-refractivity contribution in [3.05, 3.63) is 98.6 Å². The van der Waals surface area contributed by atoms with Crippen LogP contribution in [-0.2, 0) is 9.59 Å². The molecule has 0 radical (unpaired) electrons. The second kappa shape index (κ2) is 10.1. The summed E-state index contributed by atoms with van der Waals surface area (Å²) < 4.78 is 5.42. The first-order valence-corrected chi connectivity index (χ1v) is 11.7. The van der Waals surface area contributed by atoms with E-state index in [2.05, 4.69) is 19.2 Å². The zero-order valence-electron chi connectivity index (χ0n) is 18.6. The smallest absolute Gasteiger partial charge is 0.343 e. The summed E-state index contributed by atoms with van der Waals surface area (Å²) >= 11 is 18.3. The second-order valence-corrected chi connectivity index (χ2v) is 9.27. The van der Waals surface area contributed by atoms with Gasteiger partial charge in [0.15, 0.2) is 0 Å². The van der Waals surface area contributed by atoms with Crippen LogP contribution in [0.25, 0.3) is 0 Å². The monoisotopic (exact) mass is 528 g/mol. The van der Waals surface area contributed by atoms with E-state index in [0.29, 0.717) is 27.9 Å². The van der Waals surface area contributed by atoms with Gasteiger partial charge in [-0.1, -0.05) is 60.8 Å². The molecule has 1 aliphatic rings. The van der Waals surface area contributed by atoms with Crippen LogP contribution in [0.3, 0.4) is 0 Å². The highest BCUT2D eigenvalue weighted by Crippen LogP contribution is 2.35. The van der Waals surface area contributed by atoms with E-state index in [1.807, 2.05) is 12.1 Å². The van der Waals surface area contributed by atoms with Crippen molar-refractivity contribution in [3.8, 4) is 5.75 Å². The van der Waals surface area contributed by atoms with Crippen LogP contribution in [0.2, 0.25) is 10.0 Å². The van der Waals surface area contributed by atoms with Crippen LogP contribution in [-0.4, -0.2) is 17.8 Å². The van der Waals surface area contributed by atoms with Gasteiger partial charge in [-0.05, 0) is 66.1 Å². The maximum absolute atomic E-state index is 13.0. The number of nitrogens with one attached hydrogen (secondary N) is 1. The summed E-state index contributed by atoms with van der Waals surface area (Å²) in [6, 6.07) is 18.0. The molecule has 35 heavy (non-hydrogen) atoms. The van der Waals surface area contributed by atoms with E-state index in [1.165, 1.54) is 24.3 Å². The number of hydrogen-bond donors (Lipinski definition) is 1. The predicted octanol–water partition coefficient (Wildman–Crippen LogP) is 6.77. The SMILES string of the molecule is CC(C)c1ccc(OC(=O)c2ccc(NC3=C(Cl)C(=O)N(c4cc(Cl)ccc4Cl)C3=O)cc2)cc1.